The van der Waals surface area contributed by atoms with Crippen LogP contribution >= 0.6 is 11.3 Å². The highest BCUT2D eigenvalue weighted by Crippen LogP contribution is 2.40. The molecule has 0 N–H and O–H groups in total. The summed E-state index contributed by atoms with van der Waals surface area (Å²) >= 11 is 1.45. The highest BCUT2D eigenvalue weighted by molar-refractivity contribution is 7.89. The third-order valence-electron chi connectivity index (χ3n) is 4.28. The molecule has 2 aromatic carbocycles. The van der Waals surface area contributed by atoms with Crippen LogP contribution in [0.3, 0.4) is 0 Å². The van der Waals surface area contributed by atoms with Gasteiger partial charge in [0.15, 0.2) is 0 Å². The van der Waals surface area contributed by atoms with Crippen molar-refractivity contribution in [3.8, 4) is 0 Å². The predicted octanol–water partition coefficient (Wildman–Crippen LogP) is 4.10. The topological polar surface area (TPSA) is 50.3 Å². The number of fused-ring (bicyclic) bond motifs is 1. The molecule has 0 saturated carbocycles. The summed E-state index contributed by atoms with van der Waals surface area (Å²) in [6.07, 6.45) is 1.30. The van der Waals surface area contributed by atoms with Crippen molar-refractivity contribution in [2.45, 2.75) is 23.8 Å². The molecule has 25 heavy (non-hydrogen) atoms. The highest BCUT2D eigenvalue weighted by atomic mass is 32.2. The van der Waals surface area contributed by atoms with E-state index in [-0.39, 0.29) is 0 Å². The number of aromatic nitrogens is 1. The molecule has 2 heterocycles. The molecule has 0 amide bonds. The van der Waals surface area contributed by atoms with Crippen molar-refractivity contribution in [1.82, 2.24) is 9.29 Å². The average molecular weight is 380 g/mol. The normalized spacial score (nSPS) is 18.9. The lowest BCUT2D eigenvalue weighted by Crippen LogP contribution is -2.31. The van der Waals surface area contributed by atoms with Gasteiger partial charge in [-0.15, -0.1) is 11.3 Å². The van der Waals surface area contributed by atoms with Crippen molar-refractivity contribution in [3.63, 3.8) is 0 Å². The summed E-state index contributed by atoms with van der Waals surface area (Å²) < 4.78 is 55.2. The molecule has 8 heteroatoms. The minimum absolute atomic E-state index is 0.291. The van der Waals surface area contributed by atoms with E-state index in [9.17, 15) is 17.2 Å². The Labute approximate surface area is 147 Å². The lowest BCUT2D eigenvalue weighted by molar-refractivity contribution is 0.392. The van der Waals surface area contributed by atoms with Gasteiger partial charge in [-0.05, 0) is 37.1 Å². The maximum absolute atomic E-state index is 14.0. The number of nitrogens with zero attached hydrogens (tertiary/aromatic N) is 2. The number of sulfonamides is 1. The van der Waals surface area contributed by atoms with Gasteiger partial charge in [-0.1, -0.05) is 12.1 Å². The van der Waals surface area contributed by atoms with Gasteiger partial charge >= 0.3 is 0 Å². The Kier molecular flexibility index (Phi) is 4.05. The second-order valence-corrected chi connectivity index (χ2v) is 8.79. The Morgan fingerprint density at radius 3 is 2.72 bits per heavy atom. The molecule has 4 nitrogen and oxygen atoms in total. The van der Waals surface area contributed by atoms with Crippen molar-refractivity contribution in [2.24, 2.45) is 0 Å². The summed E-state index contributed by atoms with van der Waals surface area (Å²) in [5, 5.41) is 0.699. The first-order chi connectivity index (χ1) is 12.0. The monoisotopic (exact) mass is 380 g/mol. The van der Waals surface area contributed by atoms with Gasteiger partial charge in [-0.25, -0.2) is 22.2 Å². The number of hydrogen-bond acceptors (Lipinski definition) is 4. The van der Waals surface area contributed by atoms with Crippen LogP contribution in [0.5, 0.6) is 0 Å². The number of hydrogen-bond donors (Lipinski definition) is 0. The van der Waals surface area contributed by atoms with E-state index in [1.807, 2.05) is 24.3 Å². The first kappa shape index (κ1) is 16.6. The van der Waals surface area contributed by atoms with E-state index in [2.05, 4.69) is 4.98 Å². The molecule has 4 rings (SSSR count). The summed E-state index contributed by atoms with van der Waals surface area (Å²) in [7, 11) is -4.06. The summed E-state index contributed by atoms with van der Waals surface area (Å²) in [4.78, 5) is 4.05. The molecule has 0 bridgehead atoms. The third kappa shape index (κ3) is 2.84. The van der Waals surface area contributed by atoms with E-state index in [1.54, 1.807) is 0 Å². The zero-order chi connectivity index (χ0) is 17.6. The van der Waals surface area contributed by atoms with Gasteiger partial charge in [-0.3, -0.25) is 0 Å². The van der Waals surface area contributed by atoms with Gasteiger partial charge in [0, 0.05) is 12.6 Å². The number of rotatable bonds is 3. The lowest BCUT2D eigenvalue weighted by atomic mass is 10.2. The standard InChI is InChI=1S/C17H14F2N2O2S2/c18-11-7-8-16(12(19)10-11)25(22,23)21-9-3-5-14(21)17-20-13-4-1-2-6-15(13)24-17/h1-2,4,6-8,10,14H,3,5,9H2. The third-order valence-corrected chi connectivity index (χ3v) is 7.36. The minimum atomic E-state index is -4.06. The van der Waals surface area contributed by atoms with Crippen LogP contribution in [0.4, 0.5) is 8.78 Å². The van der Waals surface area contributed by atoms with Crippen LogP contribution in [0, 0.1) is 11.6 Å². The van der Waals surface area contributed by atoms with Crippen LogP contribution < -0.4 is 0 Å². The molecular formula is C17H14F2N2O2S2. The molecule has 1 aliphatic heterocycles. The zero-order valence-corrected chi connectivity index (χ0v) is 14.7. The maximum atomic E-state index is 14.0. The Hall–Kier alpha value is -1.90. The largest absolute Gasteiger partial charge is 0.246 e. The molecule has 1 aromatic heterocycles. The molecule has 1 unspecified atom stereocenters. The first-order valence-electron chi connectivity index (χ1n) is 7.79. The average Bonchev–Trinajstić information content (AvgIpc) is 3.21. The molecule has 0 aliphatic carbocycles. The number of benzene rings is 2. The van der Waals surface area contributed by atoms with Crippen LogP contribution in [0.25, 0.3) is 10.2 Å². The summed E-state index contributed by atoms with van der Waals surface area (Å²) in [6, 6.07) is 9.70. The molecule has 0 radical (unpaired) electrons. The maximum Gasteiger partial charge on any atom is 0.246 e. The van der Waals surface area contributed by atoms with E-state index in [1.165, 1.54) is 15.6 Å². The van der Waals surface area contributed by atoms with Crippen molar-refractivity contribution in [1.29, 1.82) is 0 Å². The van der Waals surface area contributed by atoms with E-state index >= 15 is 0 Å². The quantitative estimate of drug-likeness (QED) is 0.687. The van der Waals surface area contributed by atoms with Gasteiger partial charge in [0.05, 0.1) is 16.3 Å². The molecule has 1 atom stereocenters. The fourth-order valence-electron chi connectivity index (χ4n) is 3.12. The van der Waals surface area contributed by atoms with E-state index in [0.29, 0.717) is 30.5 Å². The Morgan fingerprint density at radius 1 is 1.16 bits per heavy atom. The van der Waals surface area contributed by atoms with Crippen LogP contribution in [0.1, 0.15) is 23.9 Å². The minimum Gasteiger partial charge on any atom is -0.239 e. The molecule has 1 fully saturated rings. The fraction of sp³-hybridized carbons (Fsp3) is 0.235. The fourth-order valence-corrected chi connectivity index (χ4v) is 6.01. The number of halogens is 2. The van der Waals surface area contributed by atoms with Crippen LogP contribution in [-0.4, -0.2) is 24.3 Å². The molecular weight excluding hydrogens is 366 g/mol. The highest BCUT2D eigenvalue weighted by Gasteiger charge is 2.39. The second kappa shape index (κ2) is 6.12. The van der Waals surface area contributed by atoms with Crippen molar-refractivity contribution >= 4 is 31.6 Å². The van der Waals surface area contributed by atoms with Crippen LogP contribution in [0.15, 0.2) is 47.4 Å². The number of para-hydroxylation sites is 1. The number of thiazole rings is 1. The van der Waals surface area contributed by atoms with E-state index in [0.717, 1.165) is 22.3 Å². The summed E-state index contributed by atoms with van der Waals surface area (Å²) in [5.41, 5.74) is 0.819. The van der Waals surface area contributed by atoms with Gasteiger partial charge in [0.1, 0.15) is 21.5 Å². The van der Waals surface area contributed by atoms with E-state index < -0.39 is 32.6 Å². The summed E-state index contributed by atoms with van der Waals surface area (Å²) in [6.45, 7) is 0.291. The first-order valence-corrected chi connectivity index (χ1v) is 10.0. The van der Waals surface area contributed by atoms with Crippen molar-refractivity contribution in [3.05, 3.63) is 59.1 Å². The Balaban J connectivity index is 1.75. The van der Waals surface area contributed by atoms with Crippen molar-refractivity contribution < 1.29 is 17.2 Å². The van der Waals surface area contributed by atoms with Gasteiger partial charge in [-0.2, -0.15) is 4.31 Å². The molecule has 1 aliphatic rings. The summed E-state index contributed by atoms with van der Waals surface area (Å²) in [5.74, 6) is -1.88. The molecule has 130 valence electrons. The van der Waals surface area contributed by atoms with Gasteiger partial charge in [0.2, 0.25) is 10.0 Å². The second-order valence-electron chi connectivity index (χ2n) is 5.87. The predicted molar refractivity (Wildman–Crippen MR) is 91.8 cm³/mol. The van der Waals surface area contributed by atoms with Gasteiger partial charge in [0.25, 0.3) is 0 Å². The molecule has 1 saturated heterocycles. The SMILES string of the molecule is O=S(=O)(c1ccc(F)cc1F)N1CCCC1c1nc2ccccc2s1. The Morgan fingerprint density at radius 2 is 1.96 bits per heavy atom. The van der Waals surface area contributed by atoms with Crippen LogP contribution in [-0.2, 0) is 10.0 Å². The van der Waals surface area contributed by atoms with Crippen molar-refractivity contribution in [2.75, 3.05) is 6.54 Å². The Bertz CT molecular complexity index is 1020. The van der Waals surface area contributed by atoms with Crippen LogP contribution in [0.2, 0.25) is 0 Å². The van der Waals surface area contributed by atoms with Gasteiger partial charge < -0.3 is 0 Å². The molecule has 0 spiro atoms. The lowest BCUT2D eigenvalue weighted by Gasteiger charge is -2.22. The van der Waals surface area contributed by atoms with E-state index in [4.69, 9.17) is 0 Å². The smallest absolute Gasteiger partial charge is 0.239 e. The molecule has 3 aromatic rings. The zero-order valence-electron chi connectivity index (χ0n) is 13.0.